The van der Waals surface area contributed by atoms with Crippen LogP contribution in [0.3, 0.4) is 0 Å². The Balaban J connectivity index is 1.34. The molecule has 0 amide bonds. The van der Waals surface area contributed by atoms with Crippen LogP contribution in [0.5, 0.6) is 11.5 Å². The van der Waals surface area contributed by atoms with Crippen molar-refractivity contribution in [3.63, 3.8) is 0 Å². The summed E-state index contributed by atoms with van der Waals surface area (Å²) in [6, 6.07) is 5.63. The van der Waals surface area contributed by atoms with Crippen LogP contribution in [0.4, 0.5) is 0 Å². The molecule has 1 spiro atoms. The second-order valence-electron chi connectivity index (χ2n) is 11.0. The van der Waals surface area contributed by atoms with Gasteiger partial charge in [0.1, 0.15) is 6.10 Å². The summed E-state index contributed by atoms with van der Waals surface area (Å²) in [6.07, 6.45) is 4.60. The summed E-state index contributed by atoms with van der Waals surface area (Å²) in [5, 5.41) is 23.8. The fourth-order valence-corrected chi connectivity index (χ4v) is 8.01. The number of hydrogen-bond acceptors (Lipinski definition) is 7. The van der Waals surface area contributed by atoms with Gasteiger partial charge in [-0.2, -0.15) is 0 Å². The van der Waals surface area contributed by atoms with Gasteiger partial charge in [0, 0.05) is 18.3 Å². The number of aliphatic hydroxyl groups excluding tert-OH is 1. The molecule has 4 fully saturated rings. The molecule has 2 saturated carbocycles. The Hall–Kier alpha value is -1.83. The minimum atomic E-state index is -0.906. The molecule has 2 aliphatic heterocycles. The van der Waals surface area contributed by atoms with Crippen LogP contribution in [-0.4, -0.2) is 71.7 Å². The molecule has 2 saturated heterocycles. The SMILES string of the molecule is COc1ccc(CCC(=O)O[C@@H]2[C@@H](O)[C@H]3CCCN4CCC[C@]5(O)[C@H]2C[C@@H](C)C[C@@]345)cc1OC. The summed E-state index contributed by atoms with van der Waals surface area (Å²) >= 11 is 0. The number of carbonyl (C=O) groups excluding carboxylic acids is 1. The number of carbonyl (C=O) groups is 1. The third-order valence-electron chi connectivity index (χ3n) is 9.26. The first-order valence-corrected chi connectivity index (χ1v) is 12.9. The minimum Gasteiger partial charge on any atom is -0.493 e. The summed E-state index contributed by atoms with van der Waals surface area (Å²) in [6.45, 7) is 4.22. The number of benzene rings is 1. The highest BCUT2D eigenvalue weighted by Gasteiger charge is 2.72. The van der Waals surface area contributed by atoms with Crippen molar-refractivity contribution in [2.75, 3.05) is 27.3 Å². The van der Waals surface area contributed by atoms with Crippen molar-refractivity contribution in [2.45, 2.75) is 81.6 Å². The van der Waals surface area contributed by atoms with Gasteiger partial charge in [0.2, 0.25) is 0 Å². The lowest BCUT2D eigenvalue weighted by Gasteiger charge is -2.72. The second kappa shape index (κ2) is 8.99. The Morgan fingerprint density at radius 1 is 1.15 bits per heavy atom. The van der Waals surface area contributed by atoms with Gasteiger partial charge in [-0.1, -0.05) is 13.0 Å². The van der Waals surface area contributed by atoms with Crippen LogP contribution in [0.15, 0.2) is 18.2 Å². The van der Waals surface area contributed by atoms with Crippen molar-refractivity contribution >= 4 is 5.97 Å². The van der Waals surface area contributed by atoms with Crippen molar-refractivity contribution in [1.29, 1.82) is 0 Å². The maximum absolute atomic E-state index is 13.0. The zero-order valence-corrected chi connectivity index (χ0v) is 20.7. The number of aliphatic hydroxyl groups is 2. The summed E-state index contributed by atoms with van der Waals surface area (Å²) in [4.78, 5) is 15.5. The molecule has 2 aliphatic carbocycles. The normalized spacial score (nSPS) is 39.1. The van der Waals surface area contributed by atoms with Crippen molar-refractivity contribution in [1.82, 2.24) is 4.90 Å². The van der Waals surface area contributed by atoms with Gasteiger partial charge in [-0.15, -0.1) is 0 Å². The van der Waals surface area contributed by atoms with Gasteiger partial charge in [0.25, 0.3) is 0 Å². The van der Waals surface area contributed by atoms with E-state index in [0.717, 1.165) is 57.2 Å². The summed E-state index contributed by atoms with van der Waals surface area (Å²) in [5.74, 6) is 1.09. The number of nitrogens with zero attached hydrogens (tertiary/aromatic N) is 1. The average molecular weight is 474 g/mol. The standard InChI is InChI=1S/C27H39NO6/c1-17-14-20-25(34-23(29)10-8-18-7-9-21(32-2)22(15-18)33-3)24(30)19-6-4-12-28-13-5-11-27(20,31)26(19,28)16-17/h7,9,15,17,19-20,24-25,30-31H,4-6,8,10-14,16H2,1-3H3/t17-,19-,20+,24+,25+,26+,27+/m1/s1. The van der Waals surface area contributed by atoms with Crippen LogP contribution >= 0.6 is 0 Å². The molecule has 2 heterocycles. The molecule has 0 aromatic heterocycles. The molecular weight excluding hydrogens is 434 g/mol. The van der Waals surface area contributed by atoms with E-state index in [4.69, 9.17) is 14.2 Å². The van der Waals surface area contributed by atoms with E-state index in [2.05, 4.69) is 11.8 Å². The first-order valence-electron chi connectivity index (χ1n) is 12.9. The number of piperidine rings is 2. The number of methoxy groups -OCH3 is 2. The Labute approximate surface area is 202 Å². The summed E-state index contributed by atoms with van der Waals surface area (Å²) in [7, 11) is 3.19. The number of esters is 1. The molecule has 2 bridgehead atoms. The lowest BCUT2D eigenvalue weighted by molar-refractivity contribution is -0.308. The van der Waals surface area contributed by atoms with E-state index in [0.29, 0.717) is 23.8 Å². The predicted octanol–water partition coefficient (Wildman–Crippen LogP) is 2.94. The van der Waals surface area contributed by atoms with Crippen molar-refractivity contribution in [3.8, 4) is 11.5 Å². The van der Waals surface area contributed by atoms with E-state index in [1.165, 1.54) is 0 Å². The lowest BCUT2D eigenvalue weighted by Crippen LogP contribution is -2.83. The Kier molecular flexibility index (Phi) is 6.32. The molecule has 4 aliphatic rings. The largest absolute Gasteiger partial charge is 0.493 e. The van der Waals surface area contributed by atoms with Gasteiger partial charge in [0.15, 0.2) is 11.5 Å². The molecule has 5 rings (SSSR count). The first-order chi connectivity index (χ1) is 16.3. The van der Waals surface area contributed by atoms with Crippen LogP contribution < -0.4 is 9.47 Å². The maximum atomic E-state index is 13.0. The van der Waals surface area contributed by atoms with Gasteiger partial charge in [0.05, 0.1) is 31.5 Å². The van der Waals surface area contributed by atoms with Crippen molar-refractivity contribution < 1.29 is 29.2 Å². The van der Waals surface area contributed by atoms with Crippen LogP contribution in [0, 0.1) is 17.8 Å². The minimum absolute atomic E-state index is 0.0609. The Bertz CT molecular complexity index is 920. The number of hydrogen-bond donors (Lipinski definition) is 2. The monoisotopic (exact) mass is 473 g/mol. The zero-order chi connectivity index (χ0) is 24.1. The van der Waals surface area contributed by atoms with E-state index in [-0.39, 0.29) is 29.8 Å². The number of ether oxygens (including phenoxy) is 3. The fraction of sp³-hybridized carbons (Fsp3) is 0.741. The third-order valence-corrected chi connectivity index (χ3v) is 9.26. The molecule has 1 aromatic rings. The first kappa shape index (κ1) is 23.9. The number of aryl methyl sites for hydroxylation is 1. The highest BCUT2D eigenvalue weighted by molar-refractivity contribution is 5.70. The second-order valence-corrected chi connectivity index (χ2v) is 11.0. The molecule has 7 atom stereocenters. The van der Waals surface area contributed by atoms with Gasteiger partial charge < -0.3 is 24.4 Å². The highest BCUT2D eigenvalue weighted by Crippen LogP contribution is 2.62. The molecule has 188 valence electrons. The summed E-state index contributed by atoms with van der Waals surface area (Å²) < 4.78 is 16.7. The molecular formula is C27H39NO6. The number of rotatable bonds is 6. The zero-order valence-electron chi connectivity index (χ0n) is 20.7. The van der Waals surface area contributed by atoms with E-state index in [9.17, 15) is 15.0 Å². The molecule has 0 radical (unpaired) electrons. The van der Waals surface area contributed by atoms with E-state index < -0.39 is 17.8 Å². The maximum Gasteiger partial charge on any atom is 0.306 e. The average Bonchev–Trinajstić information content (AvgIpc) is 2.83. The highest BCUT2D eigenvalue weighted by atomic mass is 16.6. The summed E-state index contributed by atoms with van der Waals surface area (Å²) in [5.41, 5.74) is -0.331. The molecule has 7 nitrogen and oxygen atoms in total. The third kappa shape index (κ3) is 3.54. The van der Waals surface area contributed by atoms with E-state index >= 15 is 0 Å². The Morgan fingerprint density at radius 3 is 2.68 bits per heavy atom. The van der Waals surface area contributed by atoms with E-state index in [1.807, 2.05) is 18.2 Å². The quantitative estimate of drug-likeness (QED) is 0.614. The van der Waals surface area contributed by atoms with Crippen molar-refractivity contribution in [2.24, 2.45) is 17.8 Å². The fourth-order valence-electron chi connectivity index (χ4n) is 8.01. The van der Waals surface area contributed by atoms with Crippen LogP contribution in [-0.2, 0) is 16.0 Å². The topological polar surface area (TPSA) is 88.5 Å². The molecule has 34 heavy (non-hydrogen) atoms. The lowest BCUT2D eigenvalue weighted by atomic mass is 9.45. The van der Waals surface area contributed by atoms with Gasteiger partial charge >= 0.3 is 5.97 Å². The molecule has 7 heteroatoms. The van der Waals surface area contributed by atoms with Gasteiger partial charge in [-0.3, -0.25) is 9.69 Å². The predicted molar refractivity (Wildman–Crippen MR) is 127 cm³/mol. The Morgan fingerprint density at radius 2 is 1.91 bits per heavy atom. The van der Waals surface area contributed by atoms with Gasteiger partial charge in [-0.25, -0.2) is 0 Å². The van der Waals surface area contributed by atoms with Crippen LogP contribution in [0.25, 0.3) is 0 Å². The molecule has 0 unspecified atom stereocenters. The molecule has 1 aromatic carbocycles. The van der Waals surface area contributed by atoms with E-state index in [1.54, 1.807) is 14.2 Å². The van der Waals surface area contributed by atoms with Gasteiger partial charge in [-0.05, 0) is 81.6 Å². The molecule has 2 N–H and O–H groups in total. The van der Waals surface area contributed by atoms with Crippen LogP contribution in [0.1, 0.15) is 57.4 Å². The van der Waals surface area contributed by atoms with Crippen LogP contribution in [0.2, 0.25) is 0 Å². The smallest absolute Gasteiger partial charge is 0.306 e. The van der Waals surface area contributed by atoms with Crippen molar-refractivity contribution in [3.05, 3.63) is 23.8 Å².